The van der Waals surface area contributed by atoms with Crippen LogP contribution in [0.25, 0.3) is 11.3 Å². The van der Waals surface area contributed by atoms with Crippen molar-refractivity contribution in [1.29, 1.82) is 0 Å². The number of rotatable bonds is 3. The van der Waals surface area contributed by atoms with Crippen LogP contribution in [0.2, 0.25) is 0 Å². The van der Waals surface area contributed by atoms with Crippen LogP contribution in [0, 0.1) is 6.92 Å². The van der Waals surface area contributed by atoms with Crippen LogP contribution < -0.4 is 14.4 Å². The Balaban J connectivity index is 1.70. The van der Waals surface area contributed by atoms with Gasteiger partial charge in [0.25, 0.3) is 0 Å². The maximum atomic E-state index is 5.95. The molecule has 0 unspecified atom stereocenters. The molecule has 27 heavy (non-hydrogen) atoms. The highest BCUT2D eigenvalue weighted by Gasteiger charge is 2.20. The first-order chi connectivity index (χ1) is 13.2. The van der Waals surface area contributed by atoms with Crippen molar-refractivity contribution in [2.75, 3.05) is 25.2 Å². The second-order valence-electron chi connectivity index (χ2n) is 6.68. The fraction of sp³-hybridized carbons (Fsp3) is 0.350. The van der Waals surface area contributed by atoms with E-state index in [-0.39, 0.29) is 0 Å². The second-order valence-corrected chi connectivity index (χ2v) is 6.68. The van der Waals surface area contributed by atoms with E-state index in [2.05, 4.69) is 21.0 Å². The zero-order valence-corrected chi connectivity index (χ0v) is 15.8. The molecule has 140 valence electrons. The van der Waals surface area contributed by atoms with Gasteiger partial charge in [0.15, 0.2) is 11.5 Å². The summed E-state index contributed by atoms with van der Waals surface area (Å²) in [7, 11) is 3.57. The van der Waals surface area contributed by atoms with Crippen LogP contribution in [0.15, 0.2) is 36.8 Å². The van der Waals surface area contributed by atoms with Crippen molar-refractivity contribution < 1.29 is 9.47 Å². The lowest BCUT2D eigenvalue weighted by molar-refractivity contribution is 0.281. The minimum absolute atomic E-state index is 0.630. The zero-order valence-electron chi connectivity index (χ0n) is 15.8. The number of nitrogens with zero attached hydrogens (tertiary/aromatic N) is 5. The topological polar surface area (TPSA) is 65.3 Å². The smallest absolute Gasteiger partial charge is 0.226 e. The van der Waals surface area contributed by atoms with Crippen LogP contribution in [-0.2, 0) is 13.6 Å². The van der Waals surface area contributed by atoms with E-state index in [1.165, 1.54) is 0 Å². The predicted molar refractivity (Wildman–Crippen MR) is 103 cm³/mol. The molecule has 0 amide bonds. The molecular weight excluding hydrogens is 342 g/mol. The normalized spacial score (nSPS) is 14.1. The van der Waals surface area contributed by atoms with E-state index in [4.69, 9.17) is 14.5 Å². The van der Waals surface area contributed by atoms with E-state index >= 15 is 0 Å². The molecule has 0 radical (unpaired) electrons. The van der Waals surface area contributed by atoms with E-state index in [1.54, 1.807) is 11.8 Å². The van der Waals surface area contributed by atoms with Crippen LogP contribution in [0.4, 0.5) is 5.95 Å². The Morgan fingerprint density at radius 3 is 2.89 bits per heavy atom. The summed E-state index contributed by atoms with van der Waals surface area (Å²) >= 11 is 0. The fourth-order valence-electron chi connectivity index (χ4n) is 3.32. The van der Waals surface area contributed by atoms with E-state index in [9.17, 15) is 0 Å². The SMILES string of the molecule is COc1cccc2c1OCCCN(c1ncc(C)c(-c3cnn(C)c3)n1)C2. The molecule has 3 aromatic rings. The average molecular weight is 365 g/mol. The summed E-state index contributed by atoms with van der Waals surface area (Å²) in [5.41, 5.74) is 4.01. The van der Waals surface area contributed by atoms with Gasteiger partial charge in [-0.2, -0.15) is 5.10 Å². The van der Waals surface area contributed by atoms with Crippen LogP contribution >= 0.6 is 0 Å². The lowest BCUT2D eigenvalue weighted by Crippen LogP contribution is -2.29. The Morgan fingerprint density at radius 2 is 2.11 bits per heavy atom. The quantitative estimate of drug-likeness (QED) is 0.711. The van der Waals surface area contributed by atoms with Crippen molar-refractivity contribution in [3.8, 4) is 22.8 Å². The first-order valence-corrected chi connectivity index (χ1v) is 9.02. The molecule has 1 aliphatic rings. The number of hydrogen-bond acceptors (Lipinski definition) is 6. The van der Waals surface area contributed by atoms with Crippen molar-refractivity contribution in [1.82, 2.24) is 19.7 Å². The molecule has 3 heterocycles. The van der Waals surface area contributed by atoms with Gasteiger partial charge in [-0.15, -0.1) is 0 Å². The molecule has 0 N–H and O–H groups in total. The lowest BCUT2D eigenvalue weighted by Gasteiger charge is -2.27. The van der Waals surface area contributed by atoms with Crippen molar-refractivity contribution in [3.05, 3.63) is 47.9 Å². The largest absolute Gasteiger partial charge is 0.493 e. The maximum Gasteiger partial charge on any atom is 0.226 e. The van der Waals surface area contributed by atoms with Gasteiger partial charge in [0.05, 0.1) is 25.6 Å². The van der Waals surface area contributed by atoms with Gasteiger partial charge in [-0.05, 0) is 25.0 Å². The summed E-state index contributed by atoms with van der Waals surface area (Å²) in [5, 5.41) is 4.26. The Hall–Kier alpha value is -3.09. The minimum atomic E-state index is 0.630. The number of para-hydroxylation sites is 1. The summed E-state index contributed by atoms with van der Waals surface area (Å²) < 4.78 is 13.2. The molecule has 0 saturated heterocycles. The van der Waals surface area contributed by atoms with Gasteiger partial charge in [-0.3, -0.25) is 4.68 Å². The summed E-state index contributed by atoms with van der Waals surface area (Å²) in [4.78, 5) is 11.6. The Kier molecular flexibility index (Phi) is 4.66. The van der Waals surface area contributed by atoms with Gasteiger partial charge in [0.1, 0.15) is 0 Å². The molecular formula is C20H23N5O2. The highest BCUT2D eigenvalue weighted by Crippen LogP contribution is 2.34. The number of benzene rings is 1. The summed E-state index contributed by atoms with van der Waals surface area (Å²) in [5.74, 6) is 2.29. The highest BCUT2D eigenvalue weighted by molar-refractivity contribution is 5.62. The average Bonchev–Trinajstić information content (AvgIpc) is 3.08. The fourth-order valence-corrected chi connectivity index (χ4v) is 3.32. The molecule has 0 fully saturated rings. The Labute approximate surface area is 158 Å². The number of fused-ring (bicyclic) bond motifs is 1. The molecule has 4 rings (SSSR count). The van der Waals surface area contributed by atoms with Crippen LogP contribution in [0.5, 0.6) is 11.5 Å². The molecule has 0 aliphatic carbocycles. The Morgan fingerprint density at radius 1 is 1.22 bits per heavy atom. The standard InChI is InChI=1S/C20H23N5O2/c1-14-10-21-20(23-18(14)16-11-22-24(2)12-16)25-8-5-9-27-19-15(13-25)6-4-7-17(19)26-3/h4,6-7,10-12H,5,8-9,13H2,1-3H3. The van der Waals surface area contributed by atoms with E-state index < -0.39 is 0 Å². The Bertz CT molecular complexity index is 953. The number of aromatic nitrogens is 4. The molecule has 1 aliphatic heterocycles. The summed E-state index contributed by atoms with van der Waals surface area (Å²) in [6, 6.07) is 5.97. The van der Waals surface area contributed by atoms with Crippen molar-refractivity contribution in [2.24, 2.45) is 7.05 Å². The zero-order chi connectivity index (χ0) is 18.8. The molecule has 7 heteroatoms. The van der Waals surface area contributed by atoms with Crippen LogP contribution in [0.3, 0.4) is 0 Å². The minimum Gasteiger partial charge on any atom is -0.493 e. The first-order valence-electron chi connectivity index (χ1n) is 9.02. The van der Waals surface area contributed by atoms with Crippen LogP contribution in [0.1, 0.15) is 17.5 Å². The third-order valence-corrected chi connectivity index (χ3v) is 4.68. The van der Waals surface area contributed by atoms with Gasteiger partial charge in [0, 0.05) is 43.7 Å². The summed E-state index contributed by atoms with van der Waals surface area (Å²) in [6.45, 7) is 4.15. The monoisotopic (exact) mass is 365 g/mol. The van der Waals surface area contributed by atoms with E-state index in [1.807, 2.05) is 44.7 Å². The molecule has 0 spiro atoms. The van der Waals surface area contributed by atoms with Crippen molar-refractivity contribution in [3.63, 3.8) is 0 Å². The molecule has 0 atom stereocenters. The van der Waals surface area contributed by atoms with Crippen molar-refractivity contribution in [2.45, 2.75) is 19.9 Å². The highest BCUT2D eigenvalue weighted by atomic mass is 16.5. The van der Waals surface area contributed by atoms with Crippen molar-refractivity contribution >= 4 is 5.95 Å². The third kappa shape index (κ3) is 3.45. The third-order valence-electron chi connectivity index (χ3n) is 4.68. The van der Waals surface area contributed by atoms with Gasteiger partial charge in [-0.25, -0.2) is 9.97 Å². The number of hydrogen-bond donors (Lipinski definition) is 0. The number of aryl methyl sites for hydroxylation is 2. The van der Waals surface area contributed by atoms with Gasteiger partial charge < -0.3 is 14.4 Å². The maximum absolute atomic E-state index is 5.95. The number of ether oxygens (including phenoxy) is 2. The number of anilines is 1. The van der Waals surface area contributed by atoms with E-state index in [0.29, 0.717) is 13.2 Å². The molecule has 0 bridgehead atoms. The first kappa shape index (κ1) is 17.3. The van der Waals surface area contributed by atoms with Gasteiger partial charge in [0.2, 0.25) is 5.95 Å². The lowest BCUT2D eigenvalue weighted by atomic mass is 10.1. The van der Waals surface area contributed by atoms with Gasteiger partial charge in [-0.1, -0.05) is 12.1 Å². The predicted octanol–water partition coefficient (Wildman–Crippen LogP) is 2.98. The van der Waals surface area contributed by atoms with Crippen LogP contribution in [-0.4, -0.2) is 40.0 Å². The molecule has 2 aromatic heterocycles. The molecule has 1 aromatic carbocycles. The molecule has 7 nitrogen and oxygen atoms in total. The van der Waals surface area contributed by atoms with E-state index in [0.717, 1.165) is 52.8 Å². The number of methoxy groups -OCH3 is 1. The second kappa shape index (κ2) is 7.26. The van der Waals surface area contributed by atoms with Gasteiger partial charge >= 0.3 is 0 Å². The summed E-state index contributed by atoms with van der Waals surface area (Å²) in [6.07, 6.45) is 6.57. The molecule has 0 saturated carbocycles.